The first-order valence-electron chi connectivity index (χ1n) is 5.37. The molecule has 0 saturated heterocycles. The van der Waals surface area contributed by atoms with Crippen LogP contribution in [0.5, 0.6) is 0 Å². The molecule has 0 radical (unpaired) electrons. The van der Waals surface area contributed by atoms with Crippen molar-refractivity contribution < 1.29 is 18.7 Å². The Balaban J connectivity index is 2.38. The first-order valence-corrected chi connectivity index (χ1v) is 5.37. The van der Waals surface area contributed by atoms with Crippen LogP contribution in [0.4, 0.5) is 20.3 Å². The lowest BCUT2D eigenvalue weighted by molar-refractivity contribution is 0.0692. The number of aromatic nitrogens is 1. The van der Waals surface area contributed by atoms with Gasteiger partial charge in [0.05, 0.1) is 17.3 Å². The minimum atomic E-state index is -1.45. The van der Waals surface area contributed by atoms with Crippen LogP contribution in [0.2, 0.25) is 0 Å². The summed E-state index contributed by atoms with van der Waals surface area (Å²) in [6.45, 7) is 0. The van der Waals surface area contributed by atoms with Crippen molar-refractivity contribution in [2.75, 3.05) is 5.32 Å². The number of halogens is 2. The van der Waals surface area contributed by atoms with E-state index >= 15 is 0 Å². The van der Waals surface area contributed by atoms with Crippen molar-refractivity contribution in [2.24, 2.45) is 0 Å². The van der Waals surface area contributed by atoms with Crippen molar-refractivity contribution in [3.8, 4) is 6.07 Å². The number of nitriles is 1. The molecular formula is C13H7F2N3O2. The molecule has 0 aliphatic heterocycles. The summed E-state index contributed by atoms with van der Waals surface area (Å²) in [6.07, 6.45) is 1.09. The average Bonchev–Trinajstić information content (AvgIpc) is 2.42. The normalized spacial score (nSPS) is 9.85. The molecule has 0 saturated carbocycles. The number of carbonyl (C=O) groups is 1. The van der Waals surface area contributed by atoms with E-state index in [0.717, 1.165) is 18.3 Å². The SMILES string of the molecule is N#Cc1ccc(Nc2nccc(C(=O)O)c2F)c(F)c1. The van der Waals surface area contributed by atoms with Gasteiger partial charge in [-0.3, -0.25) is 0 Å². The Bertz CT molecular complexity index is 726. The Hall–Kier alpha value is -3.01. The average molecular weight is 275 g/mol. The molecule has 0 fully saturated rings. The largest absolute Gasteiger partial charge is 0.478 e. The number of hydrogen-bond donors (Lipinski definition) is 2. The topological polar surface area (TPSA) is 86.0 Å². The number of aromatic carboxylic acids is 1. The van der Waals surface area contributed by atoms with Crippen LogP contribution in [0.25, 0.3) is 0 Å². The maximum absolute atomic E-state index is 13.8. The van der Waals surface area contributed by atoms with Crippen LogP contribution < -0.4 is 5.32 Å². The number of nitrogens with zero attached hydrogens (tertiary/aromatic N) is 2. The lowest BCUT2D eigenvalue weighted by Gasteiger charge is -2.08. The van der Waals surface area contributed by atoms with Gasteiger partial charge < -0.3 is 10.4 Å². The highest BCUT2D eigenvalue weighted by Gasteiger charge is 2.16. The monoisotopic (exact) mass is 275 g/mol. The molecule has 0 spiro atoms. The van der Waals surface area contributed by atoms with Gasteiger partial charge in [-0.05, 0) is 24.3 Å². The predicted octanol–water partition coefficient (Wildman–Crippen LogP) is 2.67. The molecule has 1 aromatic heterocycles. The molecule has 0 amide bonds. The van der Waals surface area contributed by atoms with Crippen molar-refractivity contribution in [1.29, 1.82) is 5.26 Å². The zero-order valence-electron chi connectivity index (χ0n) is 9.89. The van der Waals surface area contributed by atoms with Crippen molar-refractivity contribution in [2.45, 2.75) is 0 Å². The maximum Gasteiger partial charge on any atom is 0.338 e. The fourth-order valence-corrected chi connectivity index (χ4v) is 1.51. The lowest BCUT2D eigenvalue weighted by Crippen LogP contribution is -2.06. The second kappa shape index (κ2) is 5.32. The highest BCUT2D eigenvalue weighted by molar-refractivity contribution is 5.89. The third-order valence-electron chi connectivity index (χ3n) is 2.47. The molecule has 2 rings (SSSR count). The summed E-state index contributed by atoms with van der Waals surface area (Å²) >= 11 is 0. The summed E-state index contributed by atoms with van der Waals surface area (Å²) in [6, 6.07) is 6.31. The maximum atomic E-state index is 13.8. The molecular weight excluding hydrogens is 268 g/mol. The van der Waals surface area contributed by atoms with E-state index in [-0.39, 0.29) is 11.3 Å². The van der Waals surface area contributed by atoms with Gasteiger partial charge in [-0.15, -0.1) is 0 Å². The second-order valence-electron chi connectivity index (χ2n) is 3.76. The van der Waals surface area contributed by atoms with Gasteiger partial charge in [0.15, 0.2) is 11.6 Å². The van der Waals surface area contributed by atoms with Crippen molar-refractivity contribution in [3.05, 3.63) is 53.2 Å². The third kappa shape index (κ3) is 2.54. The standard InChI is InChI=1S/C13H7F2N3O2/c14-9-5-7(6-16)1-2-10(9)18-12-11(15)8(13(19)20)3-4-17-12/h1-5H,(H,17,18)(H,19,20). The molecule has 0 aliphatic rings. The van der Waals surface area contributed by atoms with Gasteiger partial charge in [-0.1, -0.05) is 0 Å². The van der Waals surface area contributed by atoms with Crippen LogP contribution in [0, 0.1) is 23.0 Å². The highest BCUT2D eigenvalue weighted by atomic mass is 19.1. The number of anilines is 2. The van der Waals surface area contributed by atoms with Crippen LogP contribution in [0.1, 0.15) is 15.9 Å². The molecule has 1 heterocycles. The van der Waals surface area contributed by atoms with Crippen LogP contribution >= 0.6 is 0 Å². The van der Waals surface area contributed by atoms with E-state index in [2.05, 4.69) is 10.3 Å². The predicted molar refractivity (Wildman–Crippen MR) is 65.6 cm³/mol. The summed E-state index contributed by atoms with van der Waals surface area (Å²) in [5.74, 6) is -3.73. The van der Waals surface area contributed by atoms with Gasteiger partial charge in [-0.25, -0.2) is 18.6 Å². The van der Waals surface area contributed by atoms with Gasteiger partial charge in [-0.2, -0.15) is 5.26 Å². The lowest BCUT2D eigenvalue weighted by atomic mass is 10.2. The molecule has 0 bridgehead atoms. The summed E-state index contributed by atoms with van der Waals surface area (Å²) in [5.41, 5.74) is -0.574. The van der Waals surface area contributed by atoms with Crippen LogP contribution in [0.3, 0.4) is 0 Å². The molecule has 0 atom stereocenters. The number of hydrogen-bond acceptors (Lipinski definition) is 4. The summed E-state index contributed by atoms with van der Waals surface area (Å²) in [4.78, 5) is 14.4. The van der Waals surface area contributed by atoms with Gasteiger partial charge in [0.2, 0.25) is 0 Å². The number of rotatable bonds is 3. The summed E-state index contributed by atoms with van der Waals surface area (Å²) in [7, 11) is 0. The van der Waals surface area contributed by atoms with E-state index in [0.29, 0.717) is 0 Å². The molecule has 0 unspecified atom stereocenters. The van der Waals surface area contributed by atoms with Crippen molar-refractivity contribution >= 4 is 17.5 Å². The van der Waals surface area contributed by atoms with Crippen LogP contribution in [0.15, 0.2) is 30.5 Å². The fourth-order valence-electron chi connectivity index (χ4n) is 1.51. The van der Waals surface area contributed by atoms with Gasteiger partial charge in [0, 0.05) is 6.20 Å². The second-order valence-corrected chi connectivity index (χ2v) is 3.76. The Morgan fingerprint density at radius 1 is 1.35 bits per heavy atom. The molecule has 1 aromatic carbocycles. The fraction of sp³-hybridized carbons (Fsp3) is 0. The third-order valence-corrected chi connectivity index (χ3v) is 2.47. The van der Waals surface area contributed by atoms with Crippen LogP contribution in [-0.4, -0.2) is 16.1 Å². The zero-order chi connectivity index (χ0) is 14.7. The first kappa shape index (κ1) is 13.4. The van der Waals surface area contributed by atoms with E-state index in [9.17, 15) is 13.6 Å². The van der Waals surface area contributed by atoms with Gasteiger partial charge >= 0.3 is 5.97 Å². The number of carboxylic acid groups (broad SMARTS) is 1. The molecule has 2 N–H and O–H groups in total. The van der Waals surface area contributed by atoms with E-state index in [1.807, 2.05) is 0 Å². The van der Waals surface area contributed by atoms with E-state index in [1.54, 1.807) is 6.07 Å². The smallest absolute Gasteiger partial charge is 0.338 e. The van der Waals surface area contributed by atoms with Crippen molar-refractivity contribution in [1.82, 2.24) is 4.98 Å². The minimum Gasteiger partial charge on any atom is -0.478 e. The number of nitrogens with one attached hydrogen (secondary N) is 1. The zero-order valence-corrected chi connectivity index (χ0v) is 9.89. The highest BCUT2D eigenvalue weighted by Crippen LogP contribution is 2.23. The molecule has 20 heavy (non-hydrogen) atoms. The quantitative estimate of drug-likeness (QED) is 0.899. The van der Waals surface area contributed by atoms with E-state index < -0.39 is 29.0 Å². The van der Waals surface area contributed by atoms with Gasteiger partial charge in [0.25, 0.3) is 0 Å². The molecule has 7 heteroatoms. The number of benzene rings is 1. The molecule has 100 valence electrons. The minimum absolute atomic E-state index is 0.112. The summed E-state index contributed by atoms with van der Waals surface area (Å²) in [5, 5.41) is 19.7. The van der Waals surface area contributed by atoms with Crippen molar-refractivity contribution in [3.63, 3.8) is 0 Å². The Morgan fingerprint density at radius 2 is 2.10 bits per heavy atom. The molecule has 0 aliphatic carbocycles. The molecule has 5 nitrogen and oxygen atoms in total. The Morgan fingerprint density at radius 3 is 2.70 bits per heavy atom. The Labute approximate surface area is 112 Å². The number of pyridine rings is 1. The number of carboxylic acids is 1. The molecule has 2 aromatic rings. The summed E-state index contributed by atoms with van der Waals surface area (Å²) < 4.78 is 27.4. The van der Waals surface area contributed by atoms with E-state index in [1.165, 1.54) is 12.1 Å². The Kier molecular flexibility index (Phi) is 3.57. The van der Waals surface area contributed by atoms with Crippen LogP contribution in [-0.2, 0) is 0 Å². The first-order chi connectivity index (χ1) is 9.52. The van der Waals surface area contributed by atoms with E-state index in [4.69, 9.17) is 10.4 Å². The van der Waals surface area contributed by atoms with Gasteiger partial charge in [0.1, 0.15) is 11.4 Å².